The van der Waals surface area contributed by atoms with E-state index in [1.54, 1.807) is 12.1 Å². The first-order valence-corrected chi connectivity index (χ1v) is 8.83. The highest BCUT2D eigenvalue weighted by atomic mass is 19.1. The Balaban J connectivity index is 1.42. The molecule has 2 aliphatic rings. The molecule has 5 heteroatoms. The minimum absolute atomic E-state index is 0.0842. The fraction of sp³-hybridized carbons (Fsp3) is 0.632. The Labute approximate surface area is 143 Å². The largest absolute Gasteiger partial charge is 0.494 e. The van der Waals surface area contributed by atoms with E-state index in [1.807, 2.05) is 13.0 Å². The van der Waals surface area contributed by atoms with Crippen molar-refractivity contribution in [3.8, 4) is 5.75 Å². The van der Waals surface area contributed by atoms with E-state index < -0.39 is 0 Å². The first-order chi connectivity index (χ1) is 11.5. The van der Waals surface area contributed by atoms with Crippen LogP contribution in [0.2, 0.25) is 0 Å². The molecule has 1 aromatic rings. The molecule has 1 saturated heterocycles. The maximum atomic E-state index is 13.8. The number of methoxy groups -OCH3 is 1. The number of amides is 1. The van der Waals surface area contributed by atoms with Crippen molar-refractivity contribution in [1.82, 2.24) is 10.2 Å². The zero-order chi connectivity index (χ0) is 17.2. The van der Waals surface area contributed by atoms with Crippen LogP contribution in [0.25, 0.3) is 0 Å². The summed E-state index contributed by atoms with van der Waals surface area (Å²) in [6, 6.07) is 5.16. The van der Waals surface area contributed by atoms with E-state index in [0.717, 1.165) is 57.4 Å². The van der Waals surface area contributed by atoms with Gasteiger partial charge in [-0.2, -0.15) is 0 Å². The number of benzene rings is 1. The average Bonchev–Trinajstić information content (AvgIpc) is 3.33. The molecule has 1 aliphatic carbocycles. The molecule has 3 rings (SSSR count). The third-order valence-corrected chi connectivity index (χ3v) is 5.43. The molecule has 24 heavy (non-hydrogen) atoms. The first-order valence-electron chi connectivity index (χ1n) is 8.83. The van der Waals surface area contributed by atoms with E-state index in [9.17, 15) is 9.18 Å². The second-order valence-electron chi connectivity index (χ2n) is 7.46. The van der Waals surface area contributed by atoms with Crippen LogP contribution in [0, 0.1) is 17.2 Å². The van der Waals surface area contributed by atoms with E-state index in [2.05, 4.69) is 10.2 Å². The maximum absolute atomic E-state index is 13.8. The Morgan fingerprint density at radius 1 is 1.38 bits per heavy atom. The first kappa shape index (κ1) is 17.2. The van der Waals surface area contributed by atoms with Crippen molar-refractivity contribution >= 4 is 5.91 Å². The van der Waals surface area contributed by atoms with E-state index in [4.69, 9.17) is 4.74 Å². The van der Waals surface area contributed by atoms with E-state index in [-0.39, 0.29) is 22.9 Å². The highest BCUT2D eigenvalue weighted by Gasteiger charge is 2.44. The third kappa shape index (κ3) is 4.07. The highest BCUT2D eigenvalue weighted by Crippen LogP contribution is 2.45. The van der Waals surface area contributed by atoms with Gasteiger partial charge in [0.1, 0.15) is 0 Å². The Morgan fingerprint density at radius 2 is 2.08 bits per heavy atom. The Kier molecular flexibility index (Phi) is 5.09. The molecule has 2 fully saturated rings. The summed E-state index contributed by atoms with van der Waals surface area (Å²) in [7, 11) is 1.48. The number of rotatable bonds is 6. The van der Waals surface area contributed by atoms with Gasteiger partial charge >= 0.3 is 0 Å². The molecule has 1 N–H and O–H groups in total. The summed E-state index contributed by atoms with van der Waals surface area (Å²) in [5.41, 5.74) is 0.890. The molecule has 0 aromatic heterocycles. The molecule has 1 heterocycles. The molecule has 0 atom stereocenters. The van der Waals surface area contributed by atoms with E-state index >= 15 is 0 Å². The Bertz CT molecular complexity index is 593. The molecule has 1 amide bonds. The molecule has 1 aliphatic heterocycles. The molecule has 0 bridgehead atoms. The van der Waals surface area contributed by atoms with Crippen LogP contribution in [0.15, 0.2) is 18.2 Å². The van der Waals surface area contributed by atoms with Crippen molar-refractivity contribution in [2.75, 3.05) is 26.7 Å². The number of carbonyl (C=O) groups excluding carboxylic acids is 1. The second kappa shape index (κ2) is 7.09. The van der Waals surface area contributed by atoms with Gasteiger partial charge in [-0.1, -0.05) is 13.0 Å². The minimum atomic E-state index is -0.304. The van der Waals surface area contributed by atoms with Crippen LogP contribution in [0.1, 0.15) is 38.2 Å². The van der Waals surface area contributed by atoms with Crippen LogP contribution >= 0.6 is 0 Å². The number of hydrogen-bond donors (Lipinski definition) is 1. The van der Waals surface area contributed by atoms with Crippen LogP contribution in [-0.2, 0) is 11.3 Å². The van der Waals surface area contributed by atoms with Crippen molar-refractivity contribution in [2.24, 2.45) is 11.3 Å². The van der Waals surface area contributed by atoms with Gasteiger partial charge in [-0.3, -0.25) is 9.69 Å². The SMILES string of the molecule is COc1ccc(CN2CCC(CNC(=O)C3(C)CC3)CC2)cc1F. The van der Waals surface area contributed by atoms with Gasteiger partial charge in [-0.05, 0) is 62.4 Å². The van der Waals surface area contributed by atoms with Gasteiger partial charge in [-0.25, -0.2) is 4.39 Å². The van der Waals surface area contributed by atoms with Gasteiger partial charge in [0.15, 0.2) is 11.6 Å². The van der Waals surface area contributed by atoms with Crippen LogP contribution in [0.4, 0.5) is 4.39 Å². The molecule has 132 valence electrons. The summed E-state index contributed by atoms with van der Waals surface area (Å²) in [5.74, 6) is 0.762. The molecule has 0 radical (unpaired) electrons. The lowest BCUT2D eigenvalue weighted by Gasteiger charge is -2.32. The number of halogens is 1. The fourth-order valence-electron chi connectivity index (χ4n) is 3.28. The second-order valence-corrected chi connectivity index (χ2v) is 7.46. The van der Waals surface area contributed by atoms with Gasteiger partial charge < -0.3 is 10.1 Å². The fourth-order valence-corrected chi connectivity index (χ4v) is 3.28. The standard InChI is InChI=1S/C19H27FN2O2/c1-19(7-8-19)18(23)21-12-14-5-9-22(10-6-14)13-15-3-4-17(24-2)16(20)11-15/h3-4,11,14H,5-10,12-13H2,1-2H3,(H,21,23). The topological polar surface area (TPSA) is 41.6 Å². The number of piperidine rings is 1. The molecule has 1 aromatic carbocycles. The van der Waals surface area contributed by atoms with Crippen molar-refractivity contribution in [3.63, 3.8) is 0 Å². The lowest BCUT2D eigenvalue weighted by molar-refractivity contribution is -0.126. The van der Waals surface area contributed by atoms with Gasteiger partial charge in [0.2, 0.25) is 5.91 Å². The lowest BCUT2D eigenvalue weighted by Crippen LogP contribution is -2.40. The van der Waals surface area contributed by atoms with Gasteiger partial charge in [0, 0.05) is 18.5 Å². The predicted molar refractivity (Wildman–Crippen MR) is 91.3 cm³/mol. The van der Waals surface area contributed by atoms with E-state index in [0.29, 0.717) is 5.92 Å². The lowest BCUT2D eigenvalue weighted by atomic mass is 9.96. The smallest absolute Gasteiger partial charge is 0.225 e. The molecule has 0 unspecified atom stereocenters. The van der Waals surface area contributed by atoms with E-state index in [1.165, 1.54) is 7.11 Å². The van der Waals surface area contributed by atoms with Crippen molar-refractivity contribution < 1.29 is 13.9 Å². The van der Waals surface area contributed by atoms with Gasteiger partial charge in [0.25, 0.3) is 0 Å². The highest BCUT2D eigenvalue weighted by molar-refractivity contribution is 5.84. The van der Waals surface area contributed by atoms with Gasteiger partial charge in [0.05, 0.1) is 7.11 Å². The number of likely N-dealkylation sites (tertiary alicyclic amines) is 1. The normalized spacial score (nSPS) is 20.6. The Hall–Kier alpha value is -1.62. The molecule has 1 saturated carbocycles. The summed E-state index contributed by atoms with van der Waals surface area (Å²) in [4.78, 5) is 14.3. The summed E-state index contributed by atoms with van der Waals surface area (Å²) in [5, 5.41) is 3.12. The zero-order valence-electron chi connectivity index (χ0n) is 14.6. The maximum Gasteiger partial charge on any atom is 0.225 e. The van der Waals surface area contributed by atoms with Crippen LogP contribution in [0.3, 0.4) is 0 Å². The number of hydrogen-bond acceptors (Lipinski definition) is 3. The molecular formula is C19H27FN2O2. The molecule has 0 spiro atoms. The summed E-state index contributed by atoms with van der Waals surface area (Å²) < 4.78 is 18.7. The van der Waals surface area contributed by atoms with Crippen LogP contribution in [0.5, 0.6) is 5.75 Å². The number of nitrogens with zero attached hydrogens (tertiary/aromatic N) is 1. The molecule has 4 nitrogen and oxygen atoms in total. The summed E-state index contributed by atoms with van der Waals surface area (Å²) in [6.07, 6.45) is 4.21. The van der Waals surface area contributed by atoms with Crippen molar-refractivity contribution in [3.05, 3.63) is 29.6 Å². The monoisotopic (exact) mass is 334 g/mol. The predicted octanol–water partition coefficient (Wildman–Crippen LogP) is 2.96. The summed E-state index contributed by atoms with van der Waals surface area (Å²) >= 11 is 0. The van der Waals surface area contributed by atoms with Crippen LogP contribution < -0.4 is 10.1 Å². The van der Waals surface area contributed by atoms with Gasteiger partial charge in [-0.15, -0.1) is 0 Å². The number of ether oxygens (including phenoxy) is 1. The van der Waals surface area contributed by atoms with Crippen LogP contribution in [-0.4, -0.2) is 37.6 Å². The minimum Gasteiger partial charge on any atom is -0.494 e. The average molecular weight is 334 g/mol. The number of carbonyl (C=O) groups is 1. The third-order valence-electron chi connectivity index (χ3n) is 5.43. The number of nitrogens with one attached hydrogen (secondary N) is 1. The van der Waals surface area contributed by atoms with Crippen molar-refractivity contribution in [1.29, 1.82) is 0 Å². The summed E-state index contributed by atoms with van der Waals surface area (Å²) in [6.45, 7) is 5.58. The quantitative estimate of drug-likeness (QED) is 0.870. The zero-order valence-corrected chi connectivity index (χ0v) is 14.6. The Morgan fingerprint density at radius 3 is 2.67 bits per heavy atom. The molecular weight excluding hydrogens is 307 g/mol. The van der Waals surface area contributed by atoms with Crippen molar-refractivity contribution in [2.45, 2.75) is 39.2 Å².